The van der Waals surface area contributed by atoms with E-state index in [1.54, 1.807) is 12.1 Å². The Kier molecular flexibility index (Phi) is 6.04. The number of anilines is 2. The second-order valence-electron chi connectivity index (χ2n) is 3.95. The van der Waals surface area contributed by atoms with Crippen molar-refractivity contribution in [3.05, 3.63) is 17.3 Å². The van der Waals surface area contributed by atoms with E-state index >= 15 is 0 Å². The van der Waals surface area contributed by atoms with Crippen LogP contribution in [0.2, 0.25) is 5.15 Å². The Balaban J connectivity index is 2.18. The van der Waals surface area contributed by atoms with Gasteiger partial charge in [-0.25, -0.2) is 4.98 Å². The molecular formula is C11H19ClN4O. The smallest absolute Gasteiger partial charge is 0.133 e. The van der Waals surface area contributed by atoms with Crippen LogP contribution in [0.5, 0.6) is 0 Å². The SMILES string of the molecule is CN(C)CCOCCNc1cc(N)cc(Cl)n1. The molecule has 0 aliphatic rings. The maximum absolute atomic E-state index is 5.78. The molecule has 0 atom stereocenters. The van der Waals surface area contributed by atoms with Crippen molar-refractivity contribution in [1.82, 2.24) is 9.88 Å². The monoisotopic (exact) mass is 258 g/mol. The van der Waals surface area contributed by atoms with Crippen molar-refractivity contribution in [1.29, 1.82) is 0 Å². The molecule has 5 nitrogen and oxygen atoms in total. The number of hydrogen-bond acceptors (Lipinski definition) is 5. The van der Waals surface area contributed by atoms with Crippen LogP contribution >= 0.6 is 11.6 Å². The first-order valence-electron chi connectivity index (χ1n) is 5.47. The Morgan fingerprint density at radius 1 is 1.41 bits per heavy atom. The lowest BCUT2D eigenvalue weighted by Gasteiger charge is -2.10. The molecule has 3 N–H and O–H groups in total. The number of nitrogens with one attached hydrogen (secondary N) is 1. The normalized spacial score (nSPS) is 10.8. The second-order valence-corrected chi connectivity index (χ2v) is 4.34. The molecule has 0 saturated heterocycles. The van der Waals surface area contributed by atoms with Crippen LogP contribution in [0, 0.1) is 0 Å². The Morgan fingerprint density at radius 3 is 2.82 bits per heavy atom. The lowest BCUT2D eigenvalue weighted by molar-refractivity contribution is 0.126. The molecule has 17 heavy (non-hydrogen) atoms. The first-order valence-corrected chi connectivity index (χ1v) is 5.85. The highest BCUT2D eigenvalue weighted by Crippen LogP contribution is 2.15. The Morgan fingerprint density at radius 2 is 2.18 bits per heavy atom. The summed E-state index contributed by atoms with van der Waals surface area (Å²) < 4.78 is 5.43. The van der Waals surface area contributed by atoms with E-state index in [9.17, 15) is 0 Å². The number of likely N-dealkylation sites (N-methyl/N-ethyl adjacent to an activating group) is 1. The third-order valence-corrected chi connectivity index (χ3v) is 2.25. The molecule has 0 unspecified atom stereocenters. The molecule has 0 aliphatic heterocycles. The second kappa shape index (κ2) is 7.32. The zero-order chi connectivity index (χ0) is 12.7. The van der Waals surface area contributed by atoms with Crippen LogP contribution in [-0.4, -0.2) is 50.3 Å². The number of nitrogens with two attached hydrogens (primary N) is 1. The van der Waals surface area contributed by atoms with Gasteiger partial charge in [0.1, 0.15) is 11.0 Å². The first-order chi connectivity index (χ1) is 8.08. The van der Waals surface area contributed by atoms with Crippen molar-refractivity contribution in [2.75, 3.05) is 51.4 Å². The zero-order valence-electron chi connectivity index (χ0n) is 10.2. The number of ether oxygens (including phenoxy) is 1. The summed E-state index contributed by atoms with van der Waals surface area (Å²) >= 11 is 5.78. The van der Waals surface area contributed by atoms with Gasteiger partial charge in [-0.1, -0.05) is 11.6 Å². The maximum Gasteiger partial charge on any atom is 0.133 e. The lowest BCUT2D eigenvalue weighted by Crippen LogP contribution is -2.20. The molecule has 0 bridgehead atoms. The van der Waals surface area contributed by atoms with Gasteiger partial charge in [-0.05, 0) is 20.2 Å². The molecule has 1 rings (SSSR count). The number of halogens is 1. The van der Waals surface area contributed by atoms with Crippen molar-refractivity contribution in [2.24, 2.45) is 0 Å². The average molecular weight is 259 g/mol. The minimum atomic E-state index is 0.390. The van der Waals surface area contributed by atoms with Gasteiger partial charge in [-0.2, -0.15) is 0 Å². The molecule has 0 aliphatic carbocycles. The van der Waals surface area contributed by atoms with Gasteiger partial charge < -0.3 is 20.7 Å². The fraction of sp³-hybridized carbons (Fsp3) is 0.545. The van der Waals surface area contributed by atoms with Crippen molar-refractivity contribution < 1.29 is 4.74 Å². The van der Waals surface area contributed by atoms with Gasteiger partial charge in [-0.3, -0.25) is 0 Å². The molecule has 96 valence electrons. The van der Waals surface area contributed by atoms with Crippen molar-refractivity contribution in [3.8, 4) is 0 Å². The third-order valence-electron chi connectivity index (χ3n) is 2.05. The van der Waals surface area contributed by atoms with E-state index < -0.39 is 0 Å². The third kappa shape index (κ3) is 6.31. The van der Waals surface area contributed by atoms with Crippen LogP contribution in [-0.2, 0) is 4.74 Å². The van der Waals surface area contributed by atoms with Crippen LogP contribution in [0.25, 0.3) is 0 Å². The predicted molar refractivity (Wildman–Crippen MR) is 71.5 cm³/mol. The fourth-order valence-corrected chi connectivity index (χ4v) is 1.42. The van der Waals surface area contributed by atoms with Gasteiger partial charge in [0, 0.05) is 24.8 Å². The Bertz CT molecular complexity index is 326. The quantitative estimate of drug-likeness (QED) is 0.570. The van der Waals surface area contributed by atoms with Gasteiger partial charge in [0.25, 0.3) is 0 Å². The van der Waals surface area contributed by atoms with Gasteiger partial charge in [0.15, 0.2) is 0 Å². The molecule has 0 amide bonds. The van der Waals surface area contributed by atoms with E-state index in [1.165, 1.54) is 0 Å². The Hall–Kier alpha value is -1.04. The maximum atomic E-state index is 5.78. The van der Waals surface area contributed by atoms with Crippen molar-refractivity contribution in [2.45, 2.75) is 0 Å². The molecule has 0 aromatic carbocycles. The molecule has 1 aromatic rings. The number of rotatable bonds is 7. The molecule has 6 heteroatoms. The predicted octanol–water partition coefficient (Wildman–Crippen LogP) is 1.31. The van der Waals surface area contributed by atoms with Gasteiger partial charge in [-0.15, -0.1) is 0 Å². The minimum absolute atomic E-state index is 0.390. The number of nitrogens with zero attached hydrogens (tertiary/aromatic N) is 2. The fourth-order valence-electron chi connectivity index (χ4n) is 1.21. The highest BCUT2D eigenvalue weighted by Gasteiger charge is 1.98. The van der Waals surface area contributed by atoms with Crippen LogP contribution < -0.4 is 11.1 Å². The molecular weight excluding hydrogens is 240 g/mol. The average Bonchev–Trinajstić information content (AvgIpc) is 2.21. The summed E-state index contributed by atoms with van der Waals surface area (Å²) in [6, 6.07) is 3.35. The molecule has 0 fully saturated rings. The van der Waals surface area contributed by atoms with E-state index in [1.807, 2.05) is 14.1 Å². The number of aromatic nitrogens is 1. The van der Waals surface area contributed by atoms with E-state index in [2.05, 4.69) is 15.2 Å². The summed E-state index contributed by atoms with van der Waals surface area (Å²) in [7, 11) is 4.03. The van der Waals surface area contributed by atoms with Gasteiger partial charge in [0.05, 0.1) is 13.2 Å². The van der Waals surface area contributed by atoms with Crippen molar-refractivity contribution >= 4 is 23.1 Å². The topological polar surface area (TPSA) is 63.4 Å². The highest BCUT2D eigenvalue weighted by molar-refractivity contribution is 6.29. The molecule has 0 spiro atoms. The van der Waals surface area contributed by atoms with Crippen molar-refractivity contribution in [3.63, 3.8) is 0 Å². The molecule has 0 saturated carbocycles. The Labute approximate surface area is 107 Å². The van der Waals surface area contributed by atoms with Crippen LogP contribution in [0.4, 0.5) is 11.5 Å². The first kappa shape index (κ1) is 14.0. The molecule has 1 aromatic heterocycles. The summed E-state index contributed by atoms with van der Waals surface area (Å²) in [5.41, 5.74) is 6.24. The number of nitrogen functional groups attached to an aromatic ring is 1. The largest absolute Gasteiger partial charge is 0.399 e. The lowest BCUT2D eigenvalue weighted by atomic mass is 10.4. The summed E-state index contributed by atoms with van der Waals surface area (Å²) in [4.78, 5) is 6.17. The summed E-state index contributed by atoms with van der Waals surface area (Å²) in [5.74, 6) is 0.672. The van der Waals surface area contributed by atoms with Gasteiger partial charge >= 0.3 is 0 Å². The van der Waals surface area contributed by atoms with E-state index in [0.717, 1.165) is 13.2 Å². The molecule has 0 radical (unpaired) electrons. The zero-order valence-corrected chi connectivity index (χ0v) is 11.0. The van der Waals surface area contributed by atoms with E-state index in [4.69, 9.17) is 22.1 Å². The van der Waals surface area contributed by atoms with Crippen LogP contribution in [0.1, 0.15) is 0 Å². The molecule has 1 heterocycles. The summed E-state index contributed by atoms with van der Waals surface area (Å²) in [6.07, 6.45) is 0. The van der Waals surface area contributed by atoms with Gasteiger partial charge in [0.2, 0.25) is 0 Å². The summed E-state index contributed by atoms with van der Waals surface area (Å²) in [6.45, 7) is 2.95. The van der Waals surface area contributed by atoms with Crippen LogP contribution in [0.3, 0.4) is 0 Å². The number of hydrogen-bond donors (Lipinski definition) is 2. The highest BCUT2D eigenvalue weighted by atomic mass is 35.5. The van der Waals surface area contributed by atoms with E-state index in [-0.39, 0.29) is 0 Å². The van der Waals surface area contributed by atoms with Crippen LogP contribution in [0.15, 0.2) is 12.1 Å². The summed E-state index contributed by atoms with van der Waals surface area (Å²) in [5, 5.41) is 3.49. The standard InChI is InChI=1S/C11H19ClN4O/c1-16(2)4-6-17-5-3-14-11-8-9(13)7-10(12)15-11/h7-8H,3-6H2,1-2H3,(H3,13,14,15). The van der Waals surface area contributed by atoms with E-state index in [0.29, 0.717) is 29.8 Å². The number of pyridine rings is 1. The minimum Gasteiger partial charge on any atom is -0.399 e.